The van der Waals surface area contributed by atoms with Gasteiger partial charge in [0.15, 0.2) is 0 Å². The maximum atomic E-state index is 10.9. The van der Waals surface area contributed by atoms with Gasteiger partial charge < -0.3 is 5.73 Å². The van der Waals surface area contributed by atoms with Gasteiger partial charge in [0.2, 0.25) is 0 Å². The highest BCUT2D eigenvalue weighted by Gasteiger charge is 1.94. The molecule has 0 saturated heterocycles. The molecule has 0 amide bonds. The molecule has 4 heteroatoms. The first kappa shape index (κ1) is 10.5. The number of benzene rings is 1. The molecule has 0 fully saturated rings. The van der Waals surface area contributed by atoms with Crippen molar-refractivity contribution in [3.63, 3.8) is 0 Å². The first-order valence-electron chi connectivity index (χ1n) is 2.89. The van der Waals surface area contributed by atoms with Crippen molar-refractivity contribution in [3.05, 3.63) is 24.3 Å². The minimum absolute atomic E-state index is 0. The van der Waals surface area contributed by atoms with Crippen LogP contribution in [-0.4, -0.2) is 10.5 Å². The van der Waals surface area contributed by atoms with Gasteiger partial charge in [0.25, 0.3) is 0 Å². The van der Waals surface area contributed by atoms with E-state index >= 15 is 0 Å². The predicted molar refractivity (Wildman–Crippen MR) is 50.4 cm³/mol. The standard InChI is InChI=1S/C7H9NOS.ClH/c1-10(9)7-4-2-3-6(8)5-7;/h2-5H,8H2,1H3;1H. The van der Waals surface area contributed by atoms with Crippen molar-refractivity contribution in [1.29, 1.82) is 0 Å². The Morgan fingerprint density at radius 3 is 2.45 bits per heavy atom. The summed E-state index contributed by atoms with van der Waals surface area (Å²) in [5.74, 6) is 0. The molecule has 0 aromatic heterocycles. The first-order chi connectivity index (χ1) is 4.70. The third kappa shape index (κ3) is 2.91. The monoisotopic (exact) mass is 191 g/mol. The third-order valence-corrected chi connectivity index (χ3v) is 2.11. The molecule has 0 radical (unpaired) electrons. The van der Waals surface area contributed by atoms with E-state index in [1.807, 2.05) is 0 Å². The van der Waals surface area contributed by atoms with Gasteiger partial charge in [-0.15, -0.1) is 12.4 Å². The van der Waals surface area contributed by atoms with Crippen LogP contribution in [0.5, 0.6) is 0 Å². The number of anilines is 1. The van der Waals surface area contributed by atoms with Gasteiger partial charge >= 0.3 is 0 Å². The highest BCUT2D eigenvalue weighted by Crippen LogP contribution is 2.08. The molecule has 2 N–H and O–H groups in total. The fraction of sp³-hybridized carbons (Fsp3) is 0.143. The smallest absolute Gasteiger partial charge is 0.0498 e. The van der Waals surface area contributed by atoms with E-state index in [-0.39, 0.29) is 12.4 Å². The average Bonchev–Trinajstić information content (AvgIpc) is 1.88. The Morgan fingerprint density at radius 2 is 2.09 bits per heavy atom. The molecule has 0 aliphatic heterocycles. The maximum absolute atomic E-state index is 10.9. The normalized spacial score (nSPS) is 11.7. The third-order valence-electron chi connectivity index (χ3n) is 1.19. The van der Waals surface area contributed by atoms with Crippen LogP contribution in [0.4, 0.5) is 5.69 Å². The molecule has 0 aliphatic carbocycles. The maximum Gasteiger partial charge on any atom is 0.0498 e. The summed E-state index contributed by atoms with van der Waals surface area (Å²) in [4.78, 5) is 0.778. The van der Waals surface area contributed by atoms with Crippen LogP contribution in [0, 0.1) is 0 Å². The SMILES string of the molecule is CS(=O)c1cccc(N)c1.Cl. The van der Waals surface area contributed by atoms with E-state index < -0.39 is 10.8 Å². The molecule has 11 heavy (non-hydrogen) atoms. The molecule has 1 rings (SSSR count). The van der Waals surface area contributed by atoms with Crippen LogP contribution in [0.15, 0.2) is 29.2 Å². The number of hydrogen-bond acceptors (Lipinski definition) is 2. The summed E-state index contributed by atoms with van der Waals surface area (Å²) in [5, 5.41) is 0. The molecule has 62 valence electrons. The Bertz CT molecular complexity index is 264. The van der Waals surface area contributed by atoms with Crippen molar-refractivity contribution in [1.82, 2.24) is 0 Å². The lowest BCUT2D eigenvalue weighted by Crippen LogP contribution is -1.89. The summed E-state index contributed by atoms with van der Waals surface area (Å²) >= 11 is 0. The van der Waals surface area contributed by atoms with E-state index in [1.54, 1.807) is 30.5 Å². The Kier molecular flexibility index (Phi) is 4.15. The minimum atomic E-state index is -0.919. The fourth-order valence-corrected chi connectivity index (χ4v) is 1.27. The average molecular weight is 192 g/mol. The van der Waals surface area contributed by atoms with Crippen molar-refractivity contribution in [2.45, 2.75) is 4.90 Å². The number of hydrogen-bond donors (Lipinski definition) is 1. The van der Waals surface area contributed by atoms with Gasteiger partial charge in [-0.2, -0.15) is 0 Å². The van der Waals surface area contributed by atoms with Gasteiger partial charge in [0.1, 0.15) is 0 Å². The van der Waals surface area contributed by atoms with E-state index in [1.165, 1.54) is 0 Å². The lowest BCUT2D eigenvalue weighted by molar-refractivity contribution is 0.687. The molecule has 0 aliphatic rings. The largest absolute Gasteiger partial charge is 0.399 e. The van der Waals surface area contributed by atoms with Crippen LogP contribution in [0.25, 0.3) is 0 Å². The summed E-state index contributed by atoms with van der Waals surface area (Å²) in [6.07, 6.45) is 1.63. The van der Waals surface area contributed by atoms with Gasteiger partial charge in [-0.25, -0.2) is 0 Å². The van der Waals surface area contributed by atoms with Crippen molar-refractivity contribution in [2.75, 3.05) is 12.0 Å². The zero-order chi connectivity index (χ0) is 7.56. The van der Waals surface area contributed by atoms with Gasteiger partial charge in [-0.3, -0.25) is 4.21 Å². The first-order valence-corrected chi connectivity index (χ1v) is 4.45. The lowest BCUT2D eigenvalue weighted by Gasteiger charge is -1.95. The van der Waals surface area contributed by atoms with Crippen LogP contribution < -0.4 is 5.73 Å². The Hall–Kier alpha value is -0.540. The molecule has 1 atom stereocenters. The van der Waals surface area contributed by atoms with Crippen molar-refractivity contribution < 1.29 is 4.21 Å². The summed E-state index contributed by atoms with van der Waals surface area (Å²) < 4.78 is 10.9. The zero-order valence-corrected chi connectivity index (χ0v) is 7.74. The Morgan fingerprint density at radius 1 is 1.45 bits per heavy atom. The van der Waals surface area contributed by atoms with Crippen molar-refractivity contribution in [2.24, 2.45) is 0 Å². The highest BCUT2D eigenvalue weighted by atomic mass is 35.5. The van der Waals surface area contributed by atoms with E-state index in [0.29, 0.717) is 5.69 Å². The second-order valence-corrected chi connectivity index (χ2v) is 3.41. The quantitative estimate of drug-likeness (QED) is 0.683. The second kappa shape index (κ2) is 4.36. The number of nitrogen functional groups attached to an aromatic ring is 1. The Labute approximate surface area is 74.7 Å². The molecule has 0 spiro atoms. The van der Waals surface area contributed by atoms with Crippen LogP contribution >= 0.6 is 12.4 Å². The fourth-order valence-electron chi connectivity index (χ4n) is 0.693. The van der Waals surface area contributed by atoms with E-state index in [2.05, 4.69) is 0 Å². The Balaban J connectivity index is 0.000001000. The van der Waals surface area contributed by atoms with Crippen LogP contribution in [0.3, 0.4) is 0 Å². The van der Waals surface area contributed by atoms with E-state index in [9.17, 15) is 4.21 Å². The van der Waals surface area contributed by atoms with E-state index in [0.717, 1.165) is 4.90 Å². The summed E-state index contributed by atoms with van der Waals surface area (Å²) in [6.45, 7) is 0. The molecule has 1 aromatic rings. The number of halogens is 1. The van der Waals surface area contributed by atoms with Gasteiger partial charge in [-0.05, 0) is 18.2 Å². The molecule has 2 nitrogen and oxygen atoms in total. The topological polar surface area (TPSA) is 43.1 Å². The van der Waals surface area contributed by atoms with Gasteiger partial charge in [0, 0.05) is 27.6 Å². The van der Waals surface area contributed by atoms with E-state index in [4.69, 9.17) is 5.73 Å². The number of nitrogens with two attached hydrogens (primary N) is 1. The summed E-state index contributed by atoms with van der Waals surface area (Å²) in [5.41, 5.74) is 6.12. The van der Waals surface area contributed by atoms with Crippen molar-refractivity contribution >= 4 is 28.9 Å². The molecular weight excluding hydrogens is 182 g/mol. The molecule has 0 bridgehead atoms. The highest BCUT2D eigenvalue weighted by molar-refractivity contribution is 7.84. The molecule has 1 aromatic carbocycles. The predicted octanol–water partition coefficient (Wildman–Crippen LogP) is 1.43. The summed E-state index contributed by atoms with van der Waals surface area (Å²) in [7, 11) is -0.919. The molecular formula is C7H10ClNOS. The molecule has 0 saturated carbocycles. The lowest BCUT2D eigenvalue weighted by atomic mass is 10.3. The zero-order valence-electron chi connectivity index (χ0n) is 6.11. The van der Waals surface area contributed by atoms with Crippen LogP contribution in [0.2, 0.25) is 0 Å². The van der Waals surface area contributed by atoms with Crippen molar-refractivity contribution in [3.8, 4) is 0 Å². The molecule has 1 unspecified atom stereocenters. The van der Waals surface area contributed by atoms with Gasteiger partial charge in [-0.1, -0.05) is 6.07 Å². The minimum Gasteiger partial charge on any atom is -0.399 e. The second-order valence-electron chi connectivity index (χ2n) is 2.03. The number of rotatable bonds is 1. The summed E-state index contributed by atoms with van der Waals surface area (Å²) in [6, 6.07) is 7.09. The molecule has 0 heterocycles. The van der Waals surface area contributed by atoms with Gasteiger partial charge in [0.05, 0.1) is 0 Å². The van der Waals surface area contributed by atoms with Crippen LogP contribution in [0.1, 0.15) is 0 Å². The van der Waals surface area contributed by atoms with Crippen LogP contribution in [-0.2, 0) is 10.8 Å².